The van der Waals surface area contributed by atoms with E-state index in [1.165, 1.54) is 7.11 Å². The number of benzene rings is 1. The van der Waals surface area contributed by atoms with Crippen LogP contribution in [-0.2, 0) is 25.5 Å². The lowest BCUT2D eigenvalue weighted by Gasteiger charge is -2.26. The minimum absolute atomic E-state index is 0.0616. The lowest BCUT2D eigenvalue weighted by atomic mass is 9.96. The maximum absolute atomic E-state index is 12.8. The number of halogens is 3. The summed E-state index contributed by atoms with van der Waals surface area (Å²) < 4.78 is 12.0. The number of allylic oxidation sites excluding steroid dienone is 3. The zero-order chi connectivity index (χ0) is 25.9. The molecule has 2 amide bonds. The predicted molar refractivity (Wildman–Crippen MR) is 142 cm³/mol. The molecule has 1 unspecified atom stereocenters. The first-order valence-corrected chi connectivity index (χ1v) is 13.3. The summed E-state index contributed by atoms with van der Waals surface area (Å²) >= 11 is 9.05. The summed E-state index contributed by atoms with van der Waals surface area (Å²) in [7, 11) is 1.20. The van der Waals surface area contributed by atoms with Crippen molar-refractivity contribution in [3.05, 3.63) is 43.2 Å². The van der Waals surface area contributed by atoms with E-state index in [0.717, 1.165) is 5.57 Å². The number of nitrogens with one attached hydrogen (secondary N) is 2. The third kappa shape index (κ3) is 6.76. The van der Waals surface area contributed by atoms with Crippen molar-refractivity contribution < 1.29 is 34.1 Å². The number of carbonyl (C=O) groups excluding carboxylic acids is 3. The van der Waals surface area contributed by atoms with Crippen LogP contribution in [-0.4, -0.2) is 64.7 Å². The minimum atomic E-state index is -1.32. The number of alkyl halides is 1. The van der Waals surface area contributed by atoms with E-state index in [-0.39, 0.29) is 29.2 Å². The van der Waals surface area contributed by atoms with Gasteiger partial charge in [0.1, 0.15) is 17.8 Å². The first-order valence-electron chi connectivity index (χ1n) is 10.5. The number of methoxy groups -OCH3 is 1. The zero-order valence-corrected chi connectivity index (χ0v) is 23.8. The number of aliphatic hydroxyl groups excluding tert-OH is 1. The van der Waals surface area contributed by atoms with Gasteiger partial charge < -0.3 is 36.1 Å². The lowest BCUT2D eigenvalue weighted by Crippen LogP contribution is -2.56. The molecule has 10 nitrogen and oxygen atoms in total. The third-order valence-corrected chi connectivity index (χ3v) is 7.66. The summed E-state index contributed by atoms with van der Waals surface area (Å²) in [5.74, 6) is -1.47. The van der Waals surface area contributed by atoms with Gasteiger partial charge in [0.2, 0.25) is 11.8 Å². The molecule has 3 aliphatic rings. The van der Waals surface area contributed by atoms with Gasteiger partial charge in [-0.05, 0) is 81.6 Å². The zero-order valence-electron chi connectivity index (χ0n) is 18.5. The summed E-state index contributed by atoms with van der Waals surface area (Å²) in [6.45, 7) is -0.697. The van der Waals surface area contributed by atoms with Crippen LogP contribution in [0.3, 0.4) is 0 Å². The Morgan fingerprint density at radius 1 is 1.26 bits per heavy atom. The Bertz CT molecular complexity index is 1100. The van der Waals surface area contributed by atoms with E-state index in [1.54, 1.807) is 18.2 Å². The molecule has 4 atom stereocenters. The van der Waals surface area contributed by atoms with Gasteiger partial charge in [-0.1, -0.05) is 21.5 Å². The number of rotatable bonds is 2. The topological polar surface area (TPSA) is 160 Å². The van der Waals surface area contributed by atoms with Crippen molar-refractivity contribution in [2.45, 2.75) is 42.2 Å². The van der Waals surface area contributed by atoms with Gasteiger partial charge in [-0.2, -0.15) is 0 Å². The maximum atomic E-state index is 12.8. The second-order valence-electron chi connectivity index (χ2n) is 8.06. The number of hydrogen-bond acceptors (Lipinski definition) is 8. The van der Waals surface area contributed by atoms with E-state index < -0.39 is 42.5 Å². The largest absolute Gasteiger partial charge is 0.504 e. The van der Waals surface area contributed by atoms with E-state index >= 15 is 0 Å². The van der Waals surface area contributed by atoms with Gasteiger partial charge >= 0.3 is 5.97 Å². The van der Waals surface area contributed by atoms with Crippen LogP contribution >= 0.6 is 54.5 Å². The molecule has 0 spiro atoms. The van der Waals surface area contributed by atoms with Crippen LogP contribution < -0.4 is 21.1 Å². The average molecular weight is 729 g/mol. The van der Waals surface area contributed by atoms with Crippen molar-refractivity contribution in [3.8, 4) is 11.5 Å². The molecule has 0 saturated carbocycles. The second-order valence-corrected chi connectivity index (χ2v) is 11.2. The highest BCUT2D eigenvalue weighted by Gasteiger charge is 2.32. The number of phenolic OH excluding ortho intramolecular Hbond substituents is 1. The van der Waals surface area contributed by atoms with Crippen LogP contribution in [0.5, 0.6) is 11.5 Å². The first kappa shape index (κ1) is 27.9. The lowest BCUT2D eigenvalue weighted by molar-refractivity contribution is -0.145. The number of ether oxygens (including phenoxy) is 2. The smallest absolute Gasteiger partial charge is 0.328 e. The van der Waals surface area contributed by atoms with Crippen LogP contribution in [0.25, 0.3) is 0 Å². The van der Waals surface area contributed by atoms with Crippen LogP contribution in [0.1, 0.15) is 18.4 Å². The molecule has 4 rings (SSSR count). The van der Waals surface area contributed by atoms with Crippen molar-refractivity contribution in [1.29, 1.82) is 0 Å². The van der Waals surface area contributed by atoms with Gasteiger partial charge in [-0.15, -0.1) is 0 Å². The van der Waals surface area contributed by atoms with Crippen LogP contribution in [0.4, 0.5) is 0 Å². The summed E-state index contributed by atoms with van der Waals surface area (Å²) in [5.41, 5.74) is 7.49. The fraction of sp³-hybridized carbons (Fsp3) is 0.409. The quantitative estimate of drug-likeness (QED) is 0.174. The van der Waals surface area contributed by atoms with Gasteiger partial charge in [-0.25, -0.2) is 4.79 Å². The fourth-order valence-electron chi connectivity index (χ4n) is 3.67. The molecule has 1 aromatic rings. The van der Waals surface area contributed by atoms with E-state index in [2.05, 4.69) is 42.5 Å². The molecule has 0 radical (unpaired) electrons. The molecule has 35 heavy (non-hydrogen) atoms. The summed E-state index contributed by atoms with van der Waals surface area (Å²) in [4.78, 5) is 37.6. The van der Waals surface area contributed by atoms with Crippen molar-refractivity contribution in [2.75, 3.05) is 13.7 Å². The third-order valence-electron chi connectivity index (χ3n) is 5.48. The number of aromatic hydroxyl groups is 1. The Kier molecular flexibility index (Phi) is 9.60. The van der Waals surface area contributed by atoms with E-state index in [0.29, 0.717) is 25.8 Å². The number of hydrogen-bond donors (Lipinski definition) is 5. The fourth-order valence-corrected chi connectivity index (χ4v) is 6.08. The highest BCUT2D eigenvalue weighted by Crippen LogP contribution is 2.40. The van der Waals surface area contributed by atoms with Crippen molar-refractivity contribution in [3.63, 3.8) is 0 Å². The molecule has 6 N–H and O–H groups in total. The average Bonchev–Trinajstić information content (AvgIpc) is 2.80. The van der Waals surface area contributed by atoms with Gasteiger partial charge in [0.15, 0.2) is 11.5 Å². The second kappa shape index (κ2) is 12.0. The summed E-state index contributed by atoms with van der Waals surface area (Å²) in [6.07, 6.45) is 2.41. The number of fused-ring (bicyclic) bond motifs is 10. The van der Waals surface area contributed by atoms with E-state index in [9.17, 15) is 24.6 Å². The molecule has 0 saturated heterocycles. The molecule has 4 bridgehead atoms. The highest BCUT2D eigenvalue weighted by atomic mass is 127. The molecule has 2 heterocycles. The number of carbonyl (C=O) groups is 3. The minimum Gasteiger partial charge on any atom is -0.504 e. The van der Waals surface area contributed by atoms with Gasteiger partial charge in [0.25, 0.3) is 0 Å². The molecule has 1 aromatic carbocycles. The number of amides is 2. The van der Waals surface area contributed by atoms with Crippen LogP contribution in [0, 0.1) is 3.57 Å². The monoisotopic (exact) mass is 727 g/mol. The molecular weight excluding hydrogens is 705 g/mol. The summed E-state index contributed by atoms with van der Waals surface area (Å²) in [5, 5.41) is 25.3. The maximum Gasteiger partial charge on any atom is 0.328 e. The Balaban J connectivity index is 2.08. The van der Waals surface area contributed by atoms with Crippen LogP contribution in [0.15, 0.2) is 34.0 Å². The number of nitrogens with two attached hydrogens (primary N) is 1. The highest BCUT2D eigenvalue weighted by molar-refractivity contribution is 14.1. The molecule has 13 heteroatoms. The van der Waals surface area contributed by atoms with Crippen molar-refractivity contribution in [2.24, 2.45) is 5.73 Å². The van der Waals surface area contributed by atoms with Crippen LogP contribution in [0.2, 0.25) is 0 Å². The number of aliphatic hydroxyl groups is 1. The Morgan fingerprint density at radius 2 is 1.97 bits per heavy atom. The van der Waals surface area contributed by atoms with Gasteiger partial charge in [-0.3, -0.25) is 9.59 Å². The molecule has 2 aliphatic heterocycles. The Labute approximate surface area is 232 Å². The van der Waals surface area contributed by atoms with Crippen molar-refractivity contribution in [1.82, 2.24) is 10.6 Å². The Hall–Kier alpha value is -1.68. The number of esters is 1. The molecular formula is C22H24Br2IN3O7. The molecule has 190 valence electrons. The Morgan fingerprint density at radius 3 is 2.60 bits per heavy atom. The first-order chi connectivity index (χ1) is 16.5. The molecule has 1 aliphatic carbocycles. The van der Waals surface area contributed by atoms with E-state index in [4.69, 9.17) is 15.2 Å². The van der Waals surface area contributed by atoms with E-state index in [1.807, 2.05) is 22.6 Å². The predicted octanol–water partition coefficient (Wildman–Crippen LogP) is 1.48. The standard InChI is InChI=1S/C22H24Br2IN3O7/c1-34-22(33)15-6-9-2-11(23)19(12(24)3-9)35-17-7-10(4-13(25)18(17)30)5-14(26)20(31)28-16(8-29)21(32)27-15/h2,4,7,12,14-16,29-30H,3,5-6,8,26H2,1H3,(H,27,32)(H,28,31)/t12?,14-,15-,16-/m0/s1. The number of phenols is 1. The van der Waals surface area contributed by atoms with Crippen molar-refractivity contribution >= 4 is 72.2 Å². The normalized spacial score (nSPS) is 25.7. The SMILES string of the molecule is COC(=O)[C@@H]1CC2=CC(Br)=C(Oc3cc(cc(I)c3O)C[C@H](N)C(=O)N[C@@H](CO)C(=O)N1)C(Br)C2. The molecule has 0 fully saturated rings. The molecule has 0 aromatic heterocycles. The summed E-state index contributed by atoms with van der Waals surface area (Å²) in [6, 6.07) is -0.171. The van der Waals surface area contributed by atoms with Gasteiger partial charge in [0.05, 0.1) is 32.6 Å². The van der Waals surface area contributed by atoms with Gasteiger partial charge in [0, 0.05) is 0 Å².